The van der Waals surface area contributed by atoms with Crippen LogP contribution in [-0.4, -0.2) is 41.1 Å². The first-order valence-electron chi connectivity index (χ1n) is 6.33. The van der Waals surface area contributed by atoms with Gasteiger partial charge in [-0.05, 0) is 17.7 Å². The van der Waals surface area contributed by atoms with E-state index in [1.807, 2.05) is 28.9 Å². The second-order valence-corrected chi connectivity index (χ2v) is 4.53. The van der Waals surface area contributed by atoms with Gasteiger partial charge in [-0.2, -0.15) is 0 Å². The molecule has 0 radical (unpaired) electrons. The summed E-state index contributed by atoms with van der Waals surface area (Å²) in [6.07, 6.45) is 5.58. The van der Waals surface area contributed by atoms with Gasteiger partial charge in [0.25, 0.3) is 0 Å². The molecule has 1 fully saturated rings. The smallest absolute Gasteiger partial charge is 0.239 e. The van der Waals surface area contributed by atoms with E-state index < -0.39 is 0 Å². The third-order valence-electron chi connectivity index (χ3n) is 3.17. The van der Waals surface area contributed by atoms with Gasteiger partial charge in [0.05, 0.1) is 13.2 Å². The molecule has 1 atom stereocenters. The summed E-state index contributed by atoms with van der Waals surface area (Å²) in [7, 11) is 0. The van der Waals surface area contributed by atoms with Gasteiger partial charge in [-0.25, -0.2) is 4.98 Å². The standard InChI is InChI=1S/C13H16N4O2/c18-13(11-9-19-6-3-14-11)16-8-10-1-4-17-5-2-15-12(17)7-10/h1-2,4-5,7,11,14H,3,6,8-9H2,(H,16,18). The maximum Gasteiger partial charge on any atom is 0.239 e. The molecule has 3 rings (SSSR count). The molecular formula is C13H16N4O2. The number of nitrogens with one attached hydrogen (secondary N) is 2. The van der Waals surface area contributed by atoms with Gasteiger partial charge >= 0.3 is 0 Å². The average Bonchev–Trinajstić information content (AvgIpc) is 2.93. The van der Waals surface area contributed by atoms with E-state index in [1.54, 1.807) is 6.20 Å². The zero-order valence-corrected chi connectivity index (χ0v) is 10.5. The van der Waals surface area contributed by atoms with Crippen LogP contribution in [0.3, 0.4) is 0 Å². The monoisotopic (exact) mass is 260 g/mol. The normalized spacial score (nSPS) is 19.5. The molecule has 6 heteroatoms. The summed E-state index contributed by atoms with van der Waals surface area (Å²) in [5.74, 6) is -0.0251. The number of nitrogens with zero attached hydrogens (tertiary/aromatic N) is 2. The van der Waals surface area contributed by atoms with Crippen LogP contribution in [0.2, 0.25) is 0 Å². The van der Waals surface area contributed by atoms with Crippen molar-refractivity contribution >= 4 is 11.6 Å². The second-order valence-electron chi connectivity index (χ2n) is 4.53. The number of amides is 1. The molecule has 1 aliphatic rings. The van der Waals surface area contributed by atoms with Crippen molar-refractivity contribution in [3.05, 3.63) is 36.3 Å². The molecule has 0 saturated carbocycles. The van der Waals surface area contributed by atoms with E-state index in [4.69, 9.17) is 4.74 Å². The largest absolute Gasteiger partial charge is 0.378 e. The van der Waals surface area contributed by atoms with Gasteiger partial charge in [-0.3, -0.25) is 4.79 Å². The Morgan fingerprint density at radius 2 is 2.53 bits per heavy atom. The number of carbonyl (C=O) groups excluding carboxylic acids is 1. The summed E-state index contributed by atoms with van der Waals surface area (Å²) in [5, 5.41) is 6.03. The summed E-state index contributed by atoms with van der Waals surface area (Å²) in [6.45, 7) is 2.32. The molecule has 0 spiro atoms. The van der Waals surface area contributed by atoms with Crippen LogP contribution >= 0.6 is 0 Å². The minimum Gasteiger partial charge on any atom is -0.378 e. The number of aromatic nitrogens is 2. The predicted molar refractivity (Wildman–Crippen MR) is 69.6 cm³/mol. The van der Waals surface area contributed by atoms with Gasteiger partial charge in [-0.15, -0.1) is 0 Å². The maximum atomic E-state index is 11.9. The first-order chi connectivity index (χ1) is 9.33. The lowest BCUT2D eigenvalue weighted by Crippen LogP contribution is -2.51. The number of morpholine rings is 1. The number of ether oxygens (including phenoxy) is 1. The number of imidazole rings is 1. The van der Waals surface area contributed by atoms with Crippen molar-refractivity contribution in [3.8, 4) is 0 Å². The maximum absolute atomic E-state index is 11.9. The zero-order chi connectivity index (χ0) is 13.1. The highest BCUT2D eigenvalue weighted by Crippen LogP contribution is 2.05. The Kier molecular flexibility index (Phi) is 3.43. The Labute approximate surface area is 110 Å². The Bertz CT molecular complexity index is 575. The van der Waals surface area contributed by atoms with Crippen LogP contribution in [-0.2, 0) is 16.1 Å². The molecule has 1 amide bonds. The van der Waals surface area contributed by atoms with Crippen molar-refractivity contribution in [1.29, 1.82) is 0 Å². The molecule has 2 N–H and O–H groups in total. The van der Waals surface area contributed by atoms with Gasteiger partial charge < -0.3 is 19.8 Å². The van der Waals surface area contributed by atoms with E-state index in [-0.39, 0.29) is 11.9 Å². The average molecular weight is 260 g/mol. The molecule has 1 unspecified atom stereocenters. The van der Waals surface area contributed by atoms with Crippen molar-refractivity contribution in [2.75, 3.05) is 19.8 Å². The fourth-order valence-corrected chi connectivity index (χ4v) is 2.11. The van der Waals surface area contributed by atoms with Gasteiger partial charge in [0.15, 0.2) is 0 Å². The molecule has 0 aromatic carbocycles. The van der Waals surface area contributed by atoms with Crippen LogP contribution in [0.15, 0.2) is 30.7 Å². The molecule has 6 nitrogen and oxygen atoms in total. The number of hydrogen-bond acceptors (Lipinski definition) is 4. The number of carbonyl (C=O) groups is 1. The van der Waals surface area contributed by atoms with E-state index in [9.17, 15) is 4.79 Å². The van der Waals surface area contributed by atoms with Crippen LogP contribution < -0.4 is 10.6 Å². The third kappa shape index (κ3) is 2.74. The Morgan fingerprint density at radius 3 is 3.37 bits per heavy atom. The number of hydrogen-bond donors (Lipinski definition) is 2. The van der Waals surface area contributed by atoms with Crippen molar-refractivity contribution < 1.29 is 9.53 Å². The molecule has 19 heavy (non-hydrogen) atoms. The highest BCUT2D eigenvalue weighted by Gasteiger charge is 2.20. The SMILES string of the molecule is O=C(NCc1ccn2ccnc2c1)C1COCCN1. The van der Waals surface area contributed by atoms with Crippen LogP contribution in [0, 0.1) is 0 Å². The lowest BCUT2D eigenvalue weighted by atomic mass is 10.2. The van der Waals surface area contributed by atoms with E-state index in [1.165, 1.54) is 0 Å². The van der Waals surface area contributed by atoms with Crippen LogP contribution in [0.1, 0.15) is 5.56 Å². The molecule has 2 aromatic rings. The molecule has 1 aliphatic heterocycles. The summed E-state index contributed by atoms with van der Waals surface area (Å²) in [6, 6.07) is 3.69. The van der Waals surface area contributed by atoms with Crippen LogP contribution in [0.25, 0.3) is 5.65 Å². The second kappa shape index (κ2) is 5.38. The van der Waals surface area contributed by atoms with Gasteiger partial charge in [0.1, 0.15) is 11.7 Å². The van der Waals surface area contributed by atoms with Gasteiger partial charge in [-0.1, -0.05) is 0 Å². The minimum atomic E-state index is -0.246. The van der Waals surface area contributed by atoms with Crippen LogP contribution in [0.5, 0.6) is 0 Å². The summed E-state index contributed by atoms with van der Waals surface area (Å²) in [4.78, 5) is 16.1. The highest BCUT2D eigenvalue weighted by atomic mass is 16.5. The molecule has 0 aliphatic carbocycles. The molecule has 1 saturated heterocycles. The number of pyridine rings is 1. The van der Waals surface area contributed by atoms with E-state index in [0.717, 1.165) is 17.8 Å². The molecule has 2 aromatic heterocycles. The summed E-state index contributed by atoms with van der Waals surface area (Å²) < 4.78 is 7.20. The first-order valence-corrected chi connectivity index (χ1v) is 6.33. The predicted octanol–water partition coefficient (Wildman–Crippen LogP) is -0.0611. The summed E-state index contributed by atoms with van der Waals surface area (Å²) >= 11 is 0. The third-order valence-corrected chi connectivity index (χ3v) is 3.17. The highest BCUT2D eigenvalue weighted by molar-refractivity contribution is 5.82. The van der Waals surface area contributed by atoms with Gasteiger partial charge in [0.2, 0.25) is 5.91 Å². The van der Waals surface area contributed by atoms with Crippen molar-refractivity contribution in [2.45, 2.75) is 12.6 Å². The van der Waals surface area contributed by atoms with Crippen molar-refractivity contribution in [1.82, 2.24) is 20.0 Å². The molecular weight excluding hydrogens is 244 g/mol. The first kappa shape index (κ1) is 12.1. The van der Waals surface area contributed by atoms with Crippen molar-refractivity contribution in [2.24, 2.45) is 0 Å². The van der Waals surface area contributed by atoms with E-state index >= 15 is 0 Å². The minimum absolute atomic E-state index is 0.0251. The Hall–Kier alpha value is -1.92. The Balaban J connectivity index is 1.60. The lowest BCUT2D eigenvalue weighted by Gasteiger charge is -2.22. The van der Waals surface area contributed by atoms with E-state index in [0.29, 0.717) is 19.8 Å². The van der Waals surface area contributed by atoms with E-state index in [2.05, 4.69) is 15.6 Å². The zero-order valence-electron chi connectivity index (χ0n) is 10.5. The molecule has 0 bridgehead atoms. The fourth-order valence-electron chi connectivity index (χ4n) is 2.11. The number of fused-ring (bicyclic) bond motifs is 1. The fraction of sp³-hybridized carbons (Fsp3) is 0.385. The molecule has 100 valence electrons. The van der Waals surface area contributed by atoms with Crippen LogP contribution in [0.4, 0.5) is 0 Å². The lowest BCUT2D eigenvalue weighted by molar-refractivity contribution is -0.126. The summed E-state index contributed by atoms with van der Waals surface area (Å²) in [5.41, 5.74) is 1.91. The van der Waals surface area contributed by atoms with Crippen molar-refractivity contribution in [3.63, 3.8) is 0 Å². The molecule has 3 heterocycles. The topological polar surface area (TPSA) is 67.7 Å². The Morgan fingerprint density at radius 1 is 1.58 bits per heavy atom. The number of rotatable bonds is 3. The quantitative estimate of drug-likeness (QED) is 0.811. The van der Waals surface area contributed by atoms with Gasteiger partial charge in [0, 0.05) is 31.7 Å².